The maximum Gasteiger partial charge on any atom is 0.0608 e. The normalized spacial score (nSPS) is 19.6. The molecule has 1 aliphatic rings. The van der Waals surface area contributed by atoms with Crippen LogP contribution < -0.4 is 0 Å². The lowest BCUT2D eigenvalue weighted by Gasteiger charge is -2.21. The molecule has 100 valence electrons. The lowest BCUT2D eigenvalue weighted by Crippen LogP contribution is -2.22. The van der Waals surface area contributed by atoms with Crippen molar-refractivity contribution in [3.63, 3.8) is 0 Å². The summed E-state index contributed by atoms with van der Waals surface area (Å²) in [5.41, 5.74) is 2.82. The van der Waals surface area contributed by atoms with Gasteiger partial charge in [-0.05, 0) is 47.6 Å². The van der Waals surface area contributed by atoms with Crippen LogP contribution in [-0.4, -0.2) is 11.2 Å². The van der Waals surface area contributed by atoms with Gasteiger partial charge < -0.3 is 5.11 Å². The Balaban J connectivity index is 1.97. The van der Waals surface area contributed by atoms with Crippen molar-refractivity contribution in [3.05, 3.63) is 35.4 Å². The number of aliphatic hydroxyl groups is 1. The van der Waals surface area contributed by atoms with Gasteiger partial charge in [0, 0.05) is 0 Å². The molecule has 2 unspecified atom stereocenters. The first-order chi connectivity index (χ1) is 8.38. The maximum absolute atomic E-state index is 10.2. The minimum atomic E-state index is -0.182. The molecular weight excluding hydrogens is 220 g/mol. The molecule has 0 radical (unpaired) electrons. The van der Waals surface area contributed by atoms with Crippen LogP contribution in [0.2, 0.25) is 0 Å². The fourth-order valence-electron chi connectivity index (χ4n) is 2.50. The van der Waals surface area contributed by atoms with Gasteiger partial charge in [-0.15, -0.1) is 0 Å². The van der Waals surface area contributed by atoms with Crippen LogP contribution in [-0.2, 0) is 11.8 Å². The Morgan fingerprint density at radius 2 is 1.72 bits per heavy atom. The highest BCUT2D eigenvalue weighted by molar-refractivity contribution is 5.27. The number of aliphatic hydroxyl groups excluding tert-OH is 1. The Morgan fingerprint density at radius 1 is 1.17 bits per heavy atom. The predicted octanol–water partition coefficient (Wildman–Crippen LogP) is 3.93. The van der Waals surface area contributed by atoms with Crippen molar-refractivity contribution < 1.29 is 5.11 Å². The maximum atomic E-state index is 10.2. The second-order valence-electron chi connectivity index (χ2n) is 6.91. The van der Waals surface area contributed by atoms with Crippen molar-refractivity contribution in [3.8, 4) is 0 Å². The third-order valence-electron chi connectivity index (χ3n) is 4.24. The Morgan fingerprint density at radius 3 is 2.17 bits per heavy atom. The van der Waals surface area contributed by atoms with Gasteiger partial charge in [0.05, 0.1) is 6.10 Å². The van der Waals surface area contributed by atoms with E-state index in [-0.39, 0.29) is 11.5 Å². The topological polar surface area (TPSA) is 20.2 Å². The lowest BCUT2D eigenvalue weighted by molar-refractivity contribution is 0.105. The molecule has 0 spiro atoms. The van der Waals surface area contributed by atoms with Crippen molar-refractivity contribution in [1.29, 1.82) is 0 Å². The lowest BCUT2D eigenvalue weighted by atomic mass is 9.86. The average Bonchev–Trinajstić information content (AvgIpc) is 3.11. The number of rotatable bonds is 4. The summed E-state index contributed by atoms with van der Waals surface area (Å²) in [7, 11) is 0. The second kappa shape index (κ2) is 5.05. The van der Waals surface area contributed by atoms with Gasteiger partial charge >= 0.3 is 0 Å². The van der Waals surface area contributed by atoms with Crippen LogP contribution in [0, 0.1) is 11.8 Å². The van der Waals surface area contributed by atoms with E-state index in [0.717, 1.165) is 12.3 Å². The van der Waals surface area contributed by atoms with Crippen LogP contribution in [0.25, 0.3) is 0 Å². The van der Waals surface area contributed by atoms with Gasteiger partial charge in [0.2, 0.25) is 0 Å². The van der Waals surface area contributed by atoms with E-state index in [4.69, 9.17) is 0 Å². The summed E-state index contributed by atoms with van der Waals surface area (Å²) in [6.07, 6.45) is 3.22. The number of hydrogen-bond donors (Lipinski definition) is 1. The fourth-order valence-corrected chi connectivity index (χ4v) is 2.50. The molecule has 0 aliphatic heterocycles. The third kappa shape index (κ3) is 3.35. The van der Waals surface area contributed by atoms with Crippen LogP contribution in [0.5, 0.6) is 0 Å². The van der Waals surface area contributed by atoms with Crippen molar-refractivity contribution in [2.24, 2.45) is 11.8 Å². The molecular formula is C17H26O. The highest BCUT2D eigenvalue weighted by Crippen LogP contribution is 2.38. The molecule has 18 heavy (non-hydrogen) atoms. The van der Waals surface area contributed by atoms with Crippen molar-refractivity contribution in [2.45, 2.75) is 58.5 Å². The van der Waals surface area contributed by atoms with Crippen molar-refractivity contribution in [2.75, 3.05) is 0 Å². The summed E-state index contributed by atoms with van der Waals surface area (Å²) in [6, 6.07) is 8.74. The van der Waals surface area contributed by atoms with E-state index in [9.17, 15) is 5.11 Å². The smallest absolute Gasteiger partial charge is 0.0608 e. The molecule has 1 N–H and O–H groups in total. The molecule has 1 heteroatoms. The van der Waals surface area contributed by atoms with E-state index in [0.29, 0.717) is 5.92 Å². The zero-order valence-electron chi connectivity index (χ0n) is 12.1. The van der Waals surface area contributed by atoms with Crippen molar-refractivity contribution in [1.82, 2.24) is 0 Å². The molecule has 1 aromatic carbocycles. The van der Waals surface area contributed by atoms with Crippen LogP contribution >= 0.6 is 0 Å². The second-order valence-corrected chi connectivity index (χ2v) is 6.91. The number of hydrogen-bond acceptors (Lipinski definition) is 1. The third-order valence-corrected chi connectivity index (χ3v) is 4.24. The Bertz CT molecular complexity index is 381. The minimum absolute atomic E-state index is 0.182. The molecule has 2 rings (SSSR count). The van der Waals surface area contributed by atoms with Gasteiger partial charge in [0.25, 0.3) is 0 Å². The standard InChI is InChI=1S/C17H26O/c1-12(14-7-8-14)16(18)11-13-5-9-15(10-6-13)17(2,3)4/h5-6,9-10,12,14,16,18H,7-8,11H2,1-4H3. The molecule has 0 saturated heterocycles. The Kier molecular flexibility index (Phi) is 3.82. The summed E-state index contributed by atoms with van der Waals surface area (Å²) < 4.78 is 0. The van der Waals surface area contributed by atoms with E-state index in [2.05, 4.69) is 52.0 Å². The van der Waals surface area contributed by atoms with E-state index >= 15 is 0 Å². The molecule has 1 fully saturated rings. The van der Waals surface area contributed by atoms with Gasteiger partial charge in [-0.3, -0.25) is 0 Å². The average molecular weight is 246 g/mol. The molecule has 0 amide bonds. The zero-order chi connectivity index (χ0) is 13.3. The molecule has 1 aliphatic carbocycles. The summed E-state index contributed by atoms with van der Waals surface area (Å²) >= 11 is 0. The van der Waals surface area contributed by atoms with E-state index in [1.165, 1.54) is 24.0 Å². The molecule has 0 heterocycles. The highest BCUT2D eigenvalue weighted by atomic mass is 16.3. The summed E-state index contributed by atoms with van der Waals surface area (Å²) in [5, 5.41) is 10.2. The molecule has 1 nitrogen and oxygen atoms in total. The first-order valence-corrected chi connectivity index (χ1v) is 7.15. The van der Waals surface area contributed by atoms with Crippen LogP contribution in [0.1, 0.15) is 51.7 Å². The van der Waals surface area contributed by atoms with Crippen LogP contribution in [0.3, 0.4) is 0 Å². The Labute approximate surface area is 111 Å². The van der Waals surface area contributed by atoms with E-state index < -0.39 is 0 Å². The van der Waals surface area contributed by atoms with Crippen molar-refractivity contribution >= 4 is 0 Å². The molecule has 2 atom stereocenters. The Hall–Kier alpha value is -0.820. The van der Waals surface area contributed by atoms with Gasteiger partial charge in [-0.1, -0.05) is 52.0 Å². The zero-order valence-corrected chi connectivity index (χ0v) is 12.1. The van der Waals surface area contributed by atoms with Gasteiger partial charge in [0.1, 0.15) is 0 Å². The molecule has 1 saturated carbocycles. The summed E-state index contributed by atoms with van der Waals surface area (Å²) in [5.74, 6) is 1.22. The van der Waals surface area contributed by atoms with Gasteiger partial charge in [0.15, 0.2) is 0 Å². The van der Waals surface area contributed by atoms with Gasteiger partial charge in [-0.25, -0.2) is 0 Å². The summed E-state index contributed by atoms with van der Waals surface area (Å²) in [4.78, 5) is 0. The SMILES string of the molecule is CC(C(O)Cc1ccc(C(C)(C)C)cc1)C1CC1. The quantitative estimate of drug-likeness (QED) is 0.853. The largest absolute Gasteiger partial charge is 0.392 e. The monoisotopic (exact) mass is 246 g/mol. The fraction of sp³-hybridized carbons (Fsp3) is 0.647. The first kappa shape index (κ1) is 13.6. The van der Waals surface area contributed by atoms with Gasteiger partial charge in [-0.2, -0.15) is 0 Å². The van der Waals surface area contributed by atoms with E-state index in [1.54, 1.807) is 0 Å². The molecule has 0 aromatic heterocycles. The first-order valence-electron chi connectivity index (χ1n) is 7.15. The van der Waals surface area contributed by atoms with Crippen LogP contribution in [0.15, 0.2) is 24.3 Å². The molecule has 0 bridgehead atoms. The highest BCUT2D eigenvalue weighted by Gasteiger charge is 2.32. The predicted molar refractivity (Wildman–Crippen MR) is 76.7 cm³/mol. The number of benzene rings is 1. The molecule has 1 aromatic rings. The van der Waals surface area contributed by atoms with Crippen LogP contribution in [0.4, 0.5) is 0 Å². The minimum Gasteiger partial charge on any atom is -0.392 e. The summed E-state index contributed by atoms with van der Waals surface area (Å²) in [6.45, 7) is 8.87. The van der Waals surface area contributed by atoms with E-state index in [1.807, 2.05) is 0 Å².